The molecule has 4 nitrogen and oxygen atoms in total. The van der Waals surface area contributed by atoms with E-state index in [1.165, 1.54) is 18.2 Å². The molecule has 1 atom stereocenters. The molecule has 112 valence electrons. The average molecular weight is 308 g/mol. The summed E-state index contributed by atoms with van der Waals surface area (Å²) in [5.41, 5.74) is 2.21. The van der Waals surface area contributed by atoms with Crippen molar-refractivity contribution in [1.82, 2.24) is 0 Å². The molecule has 0 amide bonds. The lowest BCUT2D eigenvalue weighted by molar-refractivity contribution is 0.597. The van der Waals surface area contributed by atoms with Crippen LogP contribution in [0.3, 0.4) is 0 Å². The van der Waals surface area contributed by atoms with Gasteiger partial charge in [-0.25, -0.2) is 17.9 Å². The number of hydrogen-bond donors (Lipinski definition) is 2. The Kier molecular flexibility index (Phi) is 4.29. The van der Waals surface area contributed by atoms with Crippen LogP contribution in [0.25, 0.3) is 0 Å². The third-order valence-corrected chi connectivity index (χ3v) is 4.13. The normalized spacial score (nSPS) is 13.0. The second-order valence-corrected chi connectivity index (χ2v) is 6.52. The number of primary sulfonamides is 1. The highest BCUT2D eigenvalue weighted by atomic mass is 32.2. The quantitative estimate of drug-likeness (QED) is 0.912. The topological polar surface area (TPSA) is 72.2 Å². The Morgan fingerprint density at radius 2 is 1.76 bits per heavy atom. The van der Waals surface area contributed by atoms with Gasteiger partial charge in [0.1, 0.15) is 5.82 Å². The second-order valence-electron chi connectivity index (χ2n) is 4.96. The van der Waals surface area contributed by atoms with Crippen LogP contribution in [0.1, 0.15) is 24.1 Å². The van der Waals surface area contributed by atoms with Crippen LogP contribution >= 0.6 is 0 Å². The van der Waals surface area contributed by atoms with Crippen LogP contribution in [0.5, 0.6) is 0 Å². The predicted molar refractivity (Wildman–Crippen MR) is 81.0 cm³/mol. The third kappa shape index (κ3) is 3.80. The molecule has 2 aromatic carbocycles. The monoisotopic (exact) mass is 308 g/mol. The molecule has 0 heterocycles. The van der Waals surface area contributed by atoms with Gasteiger partial charge in [0.25, 0.3) is 0 Å². The summed E-state index contributed by atoms with van der Waals surface area (Å²) >= 11 is 0. The minimum absolute atomic E-state index is 0.0557. The lowest BCUT2D eigenvalue weighted by Crippen LogP contribution is -2.13. The maximum absolute atomic E-state index is 13.7. The van der Waals surface area contributed by atoms with Crippen LogP contribution < -0.4 is 10.5 Å². The van der Waals surface area contributed by atoms with E-state index in [9.17, 15) is 12.8 Å². The summed E-state index contributed by atoms with van der Waals surface area (Å²) < 4.78 is 36.1. The molecule has 3 N–H and O–H groups in total. The van der Waals surface area contributed by atoms with Crippen LogP contribution in [0.4, 0.5) is 10.1 Å². The highest BCUT2D eigenvalue weighted by Gasteiger charge is 2.11. The van der Waals surface area contributed by atoms with Crippen molar-refractivity contribution in [1.29, 1.82) is 0 Å². The first-order valence-corrected chi connectivity index (χ1v) is 7.97. The lowest BCUT2D eigenvalue weighted by atomic mass is 10.1. The van der Waals surface area contributed by atoms with Crippen molar-refractivity contribution < 1.29 is 12.8 Å². The predicted octanol–water partition coefficient (Wildman–Crippen LogP) is 2.95. The van der Waals surface area contributed by atoms with Crippen LogP contribution in [-0.2, 0) is 10.0 Å². The van der Waals surface area contributed by atoms with Crippen molar-refractivity contribution in [3.63, 3.8) is 0 Å². The number of anilines is 1. The third-order valence-electron chi connectivity index (χ3n) is 3.20. The van der Waals surface area contributed by atoms with Gasteiger partial charge < -0.3 is 5.32 Å². The van der Waals surface area contributed by atoms with Gasteiger partial charge in [0, 0.05) is 6.04 Å². The summed E-state index contributed by atoms with van der Waals surface area (Å²) in [6, 6.07) is 10.9. The summed E-state index contributed by atoms with van der Waals surface area (Å²) in [5.74, 6) is -0.325. The summed E-state index contributed by atoms with van der Waals surface area (Å²) in [6.45, 7) is 3.75. The molecule has 0 saturated carbocycles. The molecule has 0 spiro atoms. The molecule has 21 heavy (non-hydrogen) atoms. The van der Waals surface area contributed by atoms with E-state index in [-0.39, 0.29) is 16.8 Å². The number of nitrogens with two attached hydrogens (primary N) is 1. The fourth-order valence-electron chi connectivity index (χ4n) is 2.01. The average Bonchev–Trinajstić information content (AvgIpc) is 2.42. The Hall–Kier alpha value is -1.92. The van der Waals surface area contributed by atoms with Crippen molar-refractivity contribution in [2.45, 2.75) is 24.8 Å². The van der Waals surface area contributed by atoms with E-state index >= 15 is 0 Å². The molecular weight excluding hydrogens is 291 g/mol. The van der Waals surface area contributed by atoms with E-state index in [0.29, 0.717) is 5.69 Å². The number of halogens is 1. The molecule has 0 bridgehead atoms. The van der Waals surface area contributed by atoms with Crippen LogP contribution in [0.15, 0.2) is 47.4 Å². The Morgan fingerprint density at radius 3 is 2.33 bits per heavy atom. The number of sulfonamides is 1. The Labute approximate surface area is 123 Å². The highest BCUT2D eigenvalue weighted by Crippen LogP contribution is 2.23. The molecule has 0 saturated heterocycles. The summed E-state index contributed by atoms with van der Waals surface area (Å²) in [4.78, 5) is 0.0557. The van der Waals surface area contributed by atoms with Gasteiger partial charge in [-0.05, 0) is 49.2 Å². The van der Waals surface area contributed by atoms with E-state index in [1.54, 1.807) is 24.3 Å². The Bertz CT molecular complexity index is 743. The van der Waals surface area contributed by atoms with Gasteiger partial charge in [-0.15, -0.1) is 0 Å². The molecule has 2 aromatic rings. The summed E-state index contributed by atoms with van der Waals surface area (Å²) in [5, 5.41) is 8.12. The lowest BCUT2D eigenvalue weighted by Gasteiger charge is -2.17. The zero-order chi connectivity index (χ0) is 15.6. The fourth-order valence-corrected chi connectivity index (χ4v) is 2.53. The molecule has 0 aliphatic rings. The minimum atomic E-state index is -3.70. The molecule has 0 radical (unpaired) electrons. The van der Waals surface area contributed by atoms with E-state index in [4.69, 9.17) is 5.14 Å². The molecular formula is C15H17FN2O2S. The second kappa shape index (κ2) is 5.83. The van der Waals surface area contributed by atoms with Crippen molar-refractivity contribution in [2.75, 3.05) is 5.32 Å². The largest absolute Gasteiger partial charge is 0.376 e. The van der Waals surface area contributed by atoms with Crippen LogP contribution in [-0.4, -0.2) is 8.42 Å². The van der Waals surface area contributed by atoms with Gasteiger partial charge >= 0.3 is 0 Å². The number of aryl methyl sites for hydroxylation is 1. The van der Waals surface area contributed by atoms with Gasteiger partial charge in [0.2, 0.25) is 10.0 Å². The number of nitrogens with one attached hydrogen (secondary N) is 1. The van der Waals surface area contributed by atoms with E-state index < -0.39 is 10.0 Å². The van der Waals surface area contributed by atoms with Crippen molar-refractivity contribution in [2.24, 2.45) is 5.14 Å². The standard InChI is InChI=1S/C15H17FN2O2S/c1-10-3-8-14(16)15(9-10)18-11(2)12-4-6-13(7-5-12)21(17,19)20/h3-9,11,18H,1-2H3,(H2,17,19,20). The molecule has 0 aliphatic heterocycles. The van der Waals surface area contributed by atoms with Gasteiger partial charge in [-0.2, -0.15) is 0 Å². The van der Waals surface area contributed by atoms with Crippen molar-refractivity contribution >= 4 is 15.7 Å². The number of hydrogen-bond acceptors (Lipinski definition) is 3. The Morgan fingerprint density at radius 1 is 1.14 bits per heavy atom. The SMILES string of the molecule is Cc1ccc(F)c(NC(C)c2ccc(S(N)(=O)=O)cc2)c1. The Balaban J connectivity index is 2.20. The molecule has 0 aliphatic carbocycles. The first kappa shape index (κ1) is 15.5. The molecule has 2 rings (SSSR count). The highest BCUT2D eigenvalue weighted by molar-refractivity contribution is 7.89. The summed E-state index contributed by atoms with van der Waals surface area (Å²) in [6.07, 6.45) is 0. The molecule has 6 heteroatoms. The first-order valence-electron chi connectivity index (χ1n) is 6.43. The molecule has 0 aromatic heterocycles. The van der Waals surface area contributed by atoms with E-state index in [2.05, 4.69) is 5.32 Å². The molecule has 0 fully saturated rings. The zero-order valence-corrected chi connectivity index (χ0v) is 12.6. The van der Waals surface area contributed by atoms with Gasteiger partial charge in [-0.1, -0.05) is 18.2 Å². The van der Waals surface area contributed by atoms with Crippen LogP contribution in [0, 0.1) is 12.7 Å². The van der Waals surface area contributed by atoms with E-state index in [0.717, 1.165) is 11.1 Å². The smallest absolute Gasteiger partial charge is 0.238 e. The number of benzene rings is 2. The fraction of sp³-hybridized carbons (Fsp3) is 0.200. The van der Waals surface area contributed by atoms with Crippen molar-refractivity contribution in [3.05, 3.63) is 59.4 Å². The van der Waals surface area contributed by atoms with E-state index in [1.807, 2.05) is 13.8 Å². The van der Waals surface area contributed by atoms with Gasteiger partial charge in [-0.3, -0.25) is 0 Å². The van der Waals surface area contributed by atoms with Crippen molar-refractivity contribution in [3.8, 4) is 0 Å². The molecule has 1 unspecified atom stereocenters. The van der Waals surface area contributed by atoms with Gasteiger partial charge in [0.05, 0.1) is 10.6 Å². The minimum Gasteiger partial charge on any atom is -0.376 e. The maximum atomic E-state index is 13.7. The maximum Gasteiger partial charge on any atom is 0.238 e. The number of rotatable bonds is 4. The van der Waals surface area contributed by atoms with Crippen LogP contribution in [0.2, 0.25) is 0 Å². The summed E-state index contributed by atoms with van der Waals surface area (Å²) in [7, 11) is -3.70. The van der Waals surface area contributed by atoms with Gasteiger partial charge in [0.15, 0.2) is 0 Å². The first-order chi connectivity index (χ1) is 9.77. The zero-order valence-electron chi connectivity index (χ0n) is 11.8.